The fraction of sp³-hybridized carbons (Fsp3) is 0.412. The van der Waals surface area contributed by atoms with Crippen molar-refractivity contribution in [1.29, 1.82) is 0 Å². The Morgan fingerprint density at radius 1 is 1.04 bits per heavy atom. The maximum atomic E-state index is 12.0. The van der Waals surface area contributed by atoms with Crippen molar-refractivity contribution in [3.8, 4) is 5.75 Å². The van der Waals surface area contributed by atoms with Gasteiger partial charge in [-0.3, -0.25) is 19.2 Å². The SMILES string of the molecule is COCCOCCNC(=O)c1ccc(OC(=O)ON2C(=O)CCC2=O)cc1. The molecule has 1 N–H and O–H groups in total. The lowest BCUT2D eigenvalue weighted by Gasteiger charge is -2.12. The van der Waals surface area contributed by atoms with Crippen LogP contribution in [0.4, 0.5) is 4.79 Å². The maximum Gasteiger partial charge on any atom is 0.539 e. The van der Waals surface area contributed by atoms with Crippen molar-refractivity contribution in [3.05, 3.63) is 29.8 Å². The third kappa shape index (κ3) is 6.35. The van der Waals surface area contributed by atoms with Gasteiger partial charge >= 0.3 is 6.16 Å². The van der Waals surface area contributed by atoms with Crippen LogP contribution < -0.4 is 10.1 Å². The highest BCUT2D eigenvalue weighted by atomic mass is 16.8. The molecule has 0 spiro atoms. The molecule has 0 radical (unpaired) electrons. The van der Waals surface area contributed by atoms with Gasteiger partial charge in [-0.25, -0.2) is 4.79 Å². The van der Waals surface area contributed by atoms with E-state index in [1.54, 1.807) is 7.11 Å². The lowest BCUT2D eigenvalue weighted by molar-refractivity contribution is -0.174. The van der Waals surface area contributed by atoms with Crippen LogP contribution in [-0.4, -0.2) is 62.4 Å². The third-order valence-corrected chi connectivity index (χ3v) is 3.45. The lowest BCUT2D eigenvalue weighted by Crippen LogP contribution is -2.33. The zero-order valence-electron chi connectivity index (χ0n) is 14.8. The second kappa shape index (κ2) is 10.2. The molecule has 1 aromatic rings. The van der Waals surface area contributed by atoms with Gasteiger partial charge in [0.2, 0.25) is 0 Å². The lowest BCUT2D eigenvalue weighted by atomic mass is 10.2. The van der Waals surface area contributed by atoms with E-state index in [1.165, 1.54) is 24.3 Å². The van der Waals surface area contributed by atoms with Gasteiger partial charge < -0.3 is 19.5 Å². The highest BCUT2D eigenvalue weighted by Crippen LogP contribution is 2.16. The van der Waals surface area contributed by atoms with E-state index in [0.717, 1.165) is 0 Å². The third-order valence-electron chi connectivity index (χ3n) is 3.45. The minimum Gasteiger partial charge on any atom is -0.393 e. The van der Waals surface area contributed by atoms with E-state index >= 15 is 0 Å². The number of nitrogens with zero attached hydrogens (tertiary/aromatic N) is 1. The Morgan fingerprint density at radius 3 is 2.33 bits per heavy atom. The molecule has 3 amide bonds. The van der Waals surface area contributed by atoms with E-state index in [2.05, 4.69) is 10.2 Å². The summed E-state index contributed by atoms with van der Waals surface area (Å²) in [6.45, 7) is 1.63. The molecule has 10 nitrogen and oxygen atoms in total. The van der Waals surface area contributed by atoms with Crippen LogP contribution >= 0.6 is 0 Å². The number of hydrogen-bond donors (Lipinski definition) is 1. The molecule has 0 aromatic heterocycles. The summed E-state index contributed by atoms with van der Waals surface area (Å²) in [5, 5.41) is 3.06. The summed E-state index contributed by atoms with van der Waals surface area (Å²) in [7, 11) is 1.57. The number of amides is 3. The zero-order chi connectivity index (χ0) is 19.6. The number of imide groups is 1. The molecule has 1 aromatic carbocycles. The monoisotopic (exact) mass is 380 g/mol. The van der Waals surface area contributed by atoms with Crippen LogP contribution in [0.1, 0.15) is 23.2 Å². The van der Waals surface area contributed by atoms with Crippen molar-refractivity contribution >= 4 is 23.9 Å². The van der Waals surface area contributed by atoms with E-state index in [1.807, 2.05) is 0 Å². The molecule has 27 heavy (non-hydrogen) atoms. The first-order valence-corrected chi connectivity index (χ1v) is 8.21. The number of ether oxygens (including phenoxy) is 3. The molecule has 0 aliphatic carbocycles. The largest absolute Gasteiger partial charge is 0.539 e. The highest BCUT2D eigenvalue weighted by Gasteiger charge is 2.33. The van der Waals surface area contributed by atoms with Crippen LogP contribution in [-0.2, 0) is 23.9 Å². The van der Waals surface area contributed by atoms with Gasteiger partial charge in [-0.15, -0.1) is 0 Å². The summed E-state index contributed by atoms with van der Waals surface area (Å²) in [5.41, 5.74) is 0.359. The molecular formula is C17H20N2O8. The quantitative estimate of drug-likeness (QED) is 0.287. The minimum atomic E-state index is -1.22. The van der Waals surface area contributed by atoms with E-state index in [4.69, 9.17) is 14.2 Å². The molecule has 2 rings (SSSR count). The van der Waals surface area contributed by atoms with Crippen LogP contribution in [0.25, 0.3) is 0 Å². The standard InChI is InChI=1S/C17H20N2O8/c1-24-10-11-25-9-8-18-16(22)12-2-4-13(5-3-12)26-17(23)27-19-14(20)6-7-15(19)21/h2-5H,6-11H2,1H3,(H,18,22). The molecule has 0 saturated carbocycles. The Kier molecular flexibility index (Phi) is 7.71. The minimum absolute atomic E-state index is 0.00660. The Balaban J connectivity index is 1.75. The predicted octanol–water partition coefficient (Wildman–Crippen LogP) is 0.659. The molecule has 1 heterocycles. The summed E-state index contributed by atoms with van der Waals surface area (Å²) in [6, 6.07) is 5.68. The Hall–Kier alpha value is -2.98. The van der Waals surface area contributed by atoms with Crippen LogP contribution in [0, 0.1) is 0 Å². The number of rotatable bonds is 9. The number of methoxy groups -OCH3 is 1. The number of carbonyl (C=O) groups is 4. The first-order chi connectivity index (χ1) is 13.0. The van der Waals surface area contributed by atoms with Crippen LogP contribution in [0.3, 0.4) is 0 Å². The molecule has 10 heteroatoms. The molecule has 0 atom stereocenters. The second-order valence-electron chi connectivity index (χ2n) is 5.41. The van der Waals surface area contributed by atoms with Crippen molar-refractivity contribution in [2.45, 2.75) is 12.8 Å². The van der Waals surface area contributed by atoms with Gasteiger partial charge in [-0.1, -0.05) is 5.06 Å². The van der Waals surface area contributed by atoms with E-state index in [9.17, 15) is 19.2 Å². The van der Waals surface area contributed by atoms with Crippen molar-refractivity contribution < 1.29 is 38.2 Å². The zero-order valence-corrected chi connectivity index (χ0v) is 14.8. The Labute approximate surface area is 155 Å². The number of benzene rings is 1. The molecule has 1 fully saturated rings. The van der Waals surface area contributed by atoms with Gasteiger partial charge in [0.05, 0.1) is 19.8 Å². The second-order valence-corrected chi connectivity index (χ2v) is 5.41. The van der Waals surface area contributed by atoms with Crippen molar-refractivity contribution in [1.82, 2.24) is 10.4 Å². The normalized spacial score (nSPS) is 13.6. The summed E-state index contributed by atoms with van der Waals surface area (Å²) in [5.74, 6) is -1.42. The molecule has 1 aliphatic rings. The molecule has 146 valence electrons. The average Bonchev–Trinajstić information content (AvgIpc) is 2.97. The average molecular weight is 380 g/mol. The van der Waals surface area contributed by atoms with Gasteiger partial charge in [-0.05, 0) is 24.3 Å². The molecule has 0 unspecified atom stereocenters. The van der Waals surface area contributed by atoms with Gasteiger partial charge in [0.1, 0.15) is 5.75 Å². The van der Waals surface area contributed by atoms with Crippen molar-refractivity contribution in [3.63, 3.8) is 0 Å². The van der Waals surface area contributed by atoms with E-state index < -0.39 is 18.0 Å². The molecule has 1 aliphatic heterocycles. The van der Waals surface area contributed by atoms with Crippen molar-refractivity contribution in [2.24, 2.45) is 0 Å². The van der Waals surface area contributed by atoms with Crippen LogP contribution in [0.2, 0.25) is 0 Å². The molecule has 0 bridgehead atoms. The van der Waals surface area contributed by atoms with E-state index in [0.29, 0.717) is 37.0 Å². The maximum absolute atomic E-state index is 12.0. The summed E-state index contributed by atoms with van der Waals surface area (Å²) >= 11 is 0. The summed E-state index contributed by atoms with van der Waals surface area (Å²) in [6.07, 6.45) is -1.23. The van der Waals surface area contributed by atoms with E-state index in [-0.39, 0.29) is 24.5 Å². The number of hydrogen-bond acceptors (Lipinski definition) is 8. The number of hydroxylamine groups is 2. The fourth-order valence-electron chi connectivity index (χ4n) is 2.10. The van der Waals surface area contributed by atoms with Gasteiger partial charge in [0, 0.05) is 32.1 Å². The summed E-state index contributed by atoms with van der Waals surface area (Å²) < 4.78 is 14.9. The first-order valence-electron chi connectivity index (χ1n) is 8.21. The van der Waals surface area contributed by atoms with Gasteiger partial charge in [0.15, 0.2) is 0 Å². The topological polar surface area (TPSA) is 120 Å². The highest BCUT2D eigenvalue weighted by molar-refractivity contribution is 6.01. The smallest absolute Gasteiger partial charge is 0.393 e. The Bertz CT molecular complexity index is 673. The predicted molar refractivity (Wildman–Crippen MR) is 89.7 cm³/mol. The van der Waals surface area contributed by atoms with Gasteiger partial charge in [0.25, 0.3) is 17.7 Å². The van der Waals surface area contributed by atoms with Gasteiger partial charge in [-0.2, -0.15) is 0 Å². The van der Waals surface area contributed by atoms with Crippen LogP contribution in [0.5, 0.6) is 5.75 Å². The van der Waals surface area contributed by atoms with Crippen molar-refractivity contribution in [2.75, 3.05) is 33.5 Å². The Morgan fingerprint density at radius 2 is 1.70 bits per heavy atom. The number of carbonyl (C=O) groups excluding carboxylic acids is 4. The first kappa shape index (κ1) is 20.3. The van der Waals surface area contributed by atoms with Crippen LogP contribution in [0.15, 0.2) is 24.3 Å². The molecule has 1 saturated heterocycles. The number of nitrogens with one attached hydrogen (secondary N) is 1. The molecular weight excluding hydrogens is 360 g/mol. The fourth-order valence-corrected chi connectivity index (χ4v) is 2.10. The summed E-state index contributed by atoms with van der Waals surface area (Å²) in [4.78, 5) is 50.9.